The van der Waals surface area contributed by atoms with E-state index in [1.165, 1.54) is 83.5 Å². The van der Waals surface area contributed by atoms with Gasteiger partial charge < -0.3 is 14.9 Å². The molecule has 0 saturated carbocycles. The fraction of sp³-hybridized carbons (Fsp3) is 0.786. The standard InChI is InChI=1S/C28H50O3/c1-3-5-7-9-11-13-18-22-26(21-17-12-10-8-6-4-2)28(30)27(23-29)31-24-25-19-15-14-16-20-25/h14-16,19-20,26-30H,3-13,17-18,21-24H2,1-2H3/t26?,27?,28-/m0/s1. The van der Waals surface area contributed by atoms with E-state index in [1.807, 2.05) is 30.3 Å². The van der Waals surface area contributed by atoms with Crippen molar-refractivity contribution in [2.75, 3.05) is 6.61 Å². The van der Waals surface area contributed by atoms with Gasteiger partial charge in [0.05, 0.1) is 19.3 Å². The molecule has 0 spiro atoms. The summed E-state index contributed by atoms with van der Waals surface area (Å²) < 4.78 is 5.95. The molecule has 31 heavy (non-hydrogen) atoms. The predicted molar refractivity (Wildman–Crippen MR) is 132 cm³/mol. The third-order valence-corrected chi connectivity index (χ3v) is 6.46. The van der Waals surface area contributed by atoms with Crippen LogP contribution in [0.4, 0.5) is 0 Å². The van der Waals surface area contributed by atoms with Crippen LogP contribution >= 0.6 is 0 Å². The molecule has 0 aromatic heterocycles. The molecule has 0 aliphatic heterocycles. The van der Waals surface area contributed by atoms with Gasteiger partial charge in [-0.05, 0) is 24.3 Å². The summed E-state index contributed by atoms with van der Waals surface area (Å²) in [4.78, 5) is 0. The highest BCUT2D eigenvalue weighted by Gasteiger charge is 2.27. The number of hydrogen-bond donors (Lipinski definition) is 2. The number of aliphatic hydroxyl groups is 2. The molecule has 0 aliphatic carbocycles. The molecule has 2 N–H and O–H groups in total. The van der Waals surface area contributed by atoms with Crippen molar-refractivity contribution in [3.8, 4) is 0 Å². The molecular formula is C28H50O3. The lowest BCUT2D eigenvalue weighted by molar-refractivity contribution is -0.0936. The molecule has 1 aromatic carbocycles. The molecule has 3 heteroatoms. The van der Waals surface area contributed by atoms with Crippen LogP contribution < -0.4 is 0 Å². The summed E-state index contributed by atoms with van der Waals surface area (Å²) in [7, 11) is 0. The number of benzene rings is 1. The van der Waals surface area contributed by atoms with Gasteiger partial charge in [0, 0.05) is 0 Å². The number of unbranched alkanes of at least 4 members (excludes halogenated alkanes) is 11. The van der Waals surface area contributed by atoms with Crippen LogP contribution in [0.25, 0.3) is 0 Å². The molecule has 0 radical (unpaired) electrons. The molecule has 0 aliphatic rings. The van der Waals surface area contributed by atoms with Crippen molar-refractivity contribution in [3.05, 3.63) is 35.9 Å². The summed E-state index contributed by atoms with van der Waals surface area (Å²) in [6.45, 7) is 4.81. The van der Waals surface area contributed by atoms with Gasteiger partial charge in [-0.1, -0.05) is 128 Å². The Kier molecular flexibility index (Phi) is 17.9. The quantitative estimate of drug-likeness (QED) is 0.198. The Morgan fingerprint density at radius 1 is 0.710 bits per heavy atom. The number of ether oxygens (including phenoxy) is 1. The molecule has 2 unspecified atom stereocenters. The molecule has 0 heterocycles. The topological polar surface area (TPSA) is 49.7 Å². The third-order valence-electron chi connectivity index (χ3n) is 6.46. The SMILES string of the molecule is CCCCCCCCCC(CCCCCCCC)[C@H](O)C(CO)OCc1ccccc1. The van der Waals surface area contributed by atoms with E-state index in [4.69, 9.17) is 4.74 Å². The van der Waals surface area contributed by atoms with Crippen molar-refractivity contribution in [3.63, 3.8) is 0 Å². The lowest BCUT2D eigenvalue weighted by Crippen LogP contribution is -2.38. The zero-order chi connectivity index (χ0) is 22.6. The van der Waals surface area contributed by atoms with E-state index in [2.05, 4.69) is 13.8 Å². The maximum Gasteiger partial charge on any atom is 0.107 e. The minimum absolute atomic E-state index is 0.127. The van der Waals surface area contributed by atoms with Crippen molar-refractivity contribution >= 4 is 0 Å². The molecule has 3 atom stereocenters. The van der Waals surface area contributed by atoms with Gasteiger partial charge in [-0.2, -0.15) is 0 Å². The Hall–Kier alpha value is -0.900. The first-order chi connectivity index (χ1) is 15.2. The summed E-state index contributed by atoms with van der Waals surface area (Å²) in [5.74, 6) is 0.217. The first kappa shape index (κ1) is 28.1. The van der Waals surface area contributed by atoms with Gasteiger partial charge in [0.1, 0.15) is 6.10 Å². The zero-order valence-electron chi connectivity index (χ0n) is 20.4. The highest BCUT2D eigenvalue weighted by Crippen LogP contribution is 2.25. The number of hydrogen-bond acceptors (Lipinski definition) is 3. The van der Waals surface area contributed by atoms with Gasteiger partial charge in [-0.3, -0.25) is 0 Å². The summed E-state index contributed by atoms with van der Waals surface area (Å²) in [6.07, 6.45) is 17.6. The second-order valence-corrected chi connectivity index (χ2v) is 9.23. The molecule has 0 fully saturated rings. The van der Waals surface area contributed by atoms with E-state index >= 15 is 0 Å². The lowest BCUT2D eigenvalue weighted by atomic mass is 9.87. The largest absolute Gasteiger partial charge is 0.394 e. The Morgan fingerprint density at radius 2 is 1.19 bits per heavy atom. The first-order valence-corrected chi connectivity index (χ1v) is 13.2. The van der Waals surface area contributed by atoms with E-state index < -0.39 is 12.2 Å². The Balaban J connectivity index is 2.48. The minimum Gasteiger partial charge on any atom is -0.394 e. The summed E-state index contributed by atoms with van der Waals surface area (Å²) in [5.41, 5.74) is 1.08. The van der Waals surface area contributed by atoms with Crippen LogP contribution in [0.2, 0.25) is 0 Å². The van der Waals surface area contributed by atoms with Crippen molar-refractivity contribution in [2.45, 2.75) is 129 Å². The smallest absolute Gasteiger partial charge is 0.107 e. The fourth-order valence-electron chi connectivity index (χ4n) is 4.38. The molecular weight excluding hydrogens is 384 g/mol. The van der Waals surface area contributed by atoms with E-state index in [-0.39, 0.29) is 12.5 Å². The predicted octanol–water partition coefficient (Wildman–Crippen LogP) is 7.43. The van der Waals surface area contributed by atoms with Crippen molar-refractivity contribution < 1.29 is 14.9 Å². The van der Waals surface area contributed by atoms with Gasteiger partial charge in [0.25, 0.3) is 0 Å². The second kappa shape index (κ2) is 19.8. The van der Waals surface area contributed by atoms with Gasteiger partial charge in [-0.15, -0.1) is 0 Å². The third kappa shape index (κ3) is 14.0. The summed E-state index contributed by atoms with van der Waals surface area (Å²) >= 11 is 0. The Labute approximate surface area is 192 Å². The molecule has 3 nitrogen and oxygen atoms in total. The molecule has 0 bridgehead atoms. The van der Waals surface area contributed by atoms with Crippen molar-refractivity contribution in [1.29, 1.82) is 0 Å². The monoisotopic (exact) mass is 434 g/mol. The minimum atomic E-state index is -0.593. The van der Waals surface area contributed by atoms with Gasteiger partial charge in [0.15, 0.2) is 0 Å². The molecule has 0 saturated heterocycles. The normalized spacial score (nSPS) is 14.5. The maximum atomic E-state index is 11.1. The van der Waals surface area contributed by atoms with Crippen LogP contribution in [0, 0.1) is 5.92 Å². The Bertz CT molecular complexity index is 490. The van der Waals surface area contributed by atoms with Crippen molar-refractivity contribution in [2.24, 2.45) is 5.92 Å². The van der Waals surface area contributed by atoms with Gasteiger partial charge >= 0.3 is 0 Å². The van der Waals surface area contributed by atoms with E-state index in [9.17, 15) is 10.2 Å². The highest BCUT2D eigenvalue weighted by molar-refractivity contribution is 5.13. The Morgan fingerprint density at radius 3 is 1.68 bits per heavy atom. The molecule has 1 aromatic rings. The first-order valence-electron chi connectivity index (χ1n) is 13.2. The van der Waals surface area contributed by atoms with Crippen LogP contribution in [-0.2, 0) is 11.3 Å². The van der Waals surface area contributed by atoms with E-state index in [1.54, 1.807) is 0 Å². The molecule has 0 amide bonds. The number of rotatable bonds is 21. The van der Waals surface area contributed by atoms with Crippen LogP contribution in [0.1, 0.15) is 116 Å². The van der Waals surface area contributed by atoms with E-state index in [0.29, 0.717) is 6.61 Å². The average molecular weight is 435 g/mol. The summed E-state index contributed by atoms with van der Waals surface area (Å²) in [5, 5.41) is 21.0. The average Bonchev–Trinajstić information content (AvgIpc) is 2.80. The number of aliphatic hydroxyl groups excluding tert-OH is 2. The van der Waals surface area contributed by atoms with Crippen LogP contribution in [0.5, 0.6) is 0 Å². The highest BCUT2D eigenvalue weighted by atomic mass is 16.5. The fourth-order valence-corrected chi connectivity index (χ4v) is 4.38. The van der Waals surface area contributed by atoms with Crippen LogP contribution in [0.15, 0.2) is 30.3 Å². The van der Waals surface area contributed by atoms with Crippen molar-refractivity contribution in [1.82, 2.24) is 0 Å². The van der Waals surface area contributed by atoms with Crippen LogP contribution in [-0.4, -0.2) is 29.0 Å². The molecule has 180 valence electrons. The lowest BCUT2D eigenvalue weighted by Gasteiger charge is -2.29. The maximum absolute atomic E-state index is 11.1. The van der Waals surface area contributed by atoms with E-state index in [0.717, 1.165) is 18.4 Å². The summed E-state index contributed by atoms with van der Waals surface area (Å²) in [6, 6.07) is 10.0. The zero-order valence-corrected chi connectivity index (χ0v) is 20.4. The van der Waals surface area contributed by atoms with Crippen LogP contribution in [0.3, 0.4) is 0 Å². The molecule has 1 rings (SSSR count). The second-order valence-electron chi connectivity index (χ2n) is 9.23. The van der Waals surface area contributed by atoms with Gasteiger partial charge in [-0.25, -0.2) is 0 Å². The van der Waals surface area contributed by atoms with Gasteiger partial charge in [0.2, 0.25) is 0 Å².